The van der Waals surface area contributed by atoms with Gasteiger partial charge in [-0.25, -0.2) is 4.79 Å². The van der Waals surface area contributed by atoms with Crippen molar-refractivity contribution >= 4 is 22.6 Å². The molecule has 1 unspecified atom stereocenters. The number of likely N-dealkylation sites (tertiary alicyclic amines) is 1. The van der Waals surface area contributed by atoms with Crippen molar-refractivity contribution in [3.63, 3.8) is 0 Å². The molecule has 3 aromatic rings. The first-order valence-electron chi connectivity index (χ1n) is 11.6. The maximum absolute atomic E-state index is 11.6. The molecule has 1 atom stereocenters. The van der Waals surface area contributed by atoms with E-state index < -0.39 is 5.97 Å². The Kier molecular flexibility index (Phi) is 5.55. The number of fused-ring (bicyclic) bond motifs is 1. The van der Waals surface area contributed by atoms with Crippen molar-refractivity contribution in [3.8, 4) is 5.75 Å². The maximum Gasteiger partial charge on any atom is 0.335 e. The molecule has 0 bridgehead atoms. The van der Waals surface area contributed by atoms with Crippen molar-refractivity contribution in [3.05, 3.63) is 58.8 Å². The lowest BCUT2D eigenvalue weighted by Crippen LogP contribution is -2.40. The van der Waals surface area contributed by atoms with Crippen LogP contribution in [0.15, 0.2) is 36.5 Å². The molecule has 0 aliphatic carbocycles. The van der Waals surface area contributed by atoms with E-state index in [-0.39, 0.29) is 6.04 Å². The van der Waals surface area contributed by atoms with Crippen LogP contribution in [0.4, 0.5) is 5.69 Å². The van der Waals surface area contributed by atoms with Crippen molar-refractivity contribution < 1.29 is 14.6 Å². The number of anilines is 1. The van der Waals surface area contributed by atoms with E-state index in [2.05, 4.69) is 39.9 Å². The van der Waals surface area contributed by atoms with Gasteiger partial charge in [0.15, 0.2) is 0 Å². The summed E-state index contributed by atoms with van der Waals surface area (Å²) in [7, 11) is 1.75. The van der Waals surface area contributed by atoms with E-state index in [4.69, 9.17) is 4.74 Å². The second kappa shape index (κ2) is 8.51. The van der Waals surface area contributed by atoms with Crippen LogP contribution in [0.1, 0.15) is 58.8 Å². The van der Waals surface area contributed by atoms with E-state index in [1.54, 1.807) is 13.2 Å². The van der Waals surface area contributed by atoms with Gasteiger partial charge in [-0.1, -0.05) is 12.5 Å². The highest BCUT2D eigenvalue weighted by atomic mass is 16.5. The molecule has 2 aliphatic heterocycles. The van der Waals surface area contributed by atoms with E-state index in [1.807, 2.05) is 12.3 Å². The number of hydrogen-bond donors (Lipinski definition) is 2. The minimum atomic E-state index is -0.863. The number of piperidine rings is 1. The summed E-state index contributed by atoms with van der Waals surface area (Å²) in [4.78, 5) is 19.9. The summed E-state index contributed by atoms with van der Waals surface area (Å²) in [5, 5.41) is 10.8. The molecule has 5 rings (SSSR count). The van der Waals surface area contributed by atoms with Gasteiger partial charge in [-0.2, -0.15) is 0 Å². The summed E-state index contributed by atoms with van der Waals surface area (Å²) in [5.41, 5.74) is 6.29. The van der Waals surface area contributed by atoms with Gasteiger partial charge in [0.25, 0.3) is 0 Å². The number of benzene rings is 2. The average molecular weight is 434 g/mol. The van der Waals surface area contributed by atoms with Crippen molar-refractivity contribution in [1.29, 1.82) is 0 Å². The summed E-state index contributed by atoms with van der Waals surface area (Å²) >= 11 is 0. The number of nitrogens with one attached hydrogen (secondary N) is 1. The lowest BCUT2D eigenvalue weighted by atomic mass is 9.91. The highest BCUT2D eigenvalue weighted by Gasteiger charge is 2.30. The Labute approximate surface area is 188 Å². The Morgan fingerprint density at radius 1 is 1.16 bits per heavy atom. The Morgan fingerprint density at radius 3 is 2.72 bits per heavy atom. The highest BCUT2D eigenvalue weighted by molar-refractivity contribution is 5.89. The van der Waals surface area contributed by atoms with Gasteiger partial charge in [-0.05, 0) is 68.1 Å². The summed E-state index contributed by atoms with van der Waals surface area (Å²) in [6, 6.07) is 10.2. The Hall–Kier alpha value is -2.99. The summed E-state index contributed by atoms with van der Waals surface area (Å²) < 4.78 is 5.80. The largest absolute Gasteiger partial charge is 0.496 e. The van der Waals surface area contributed by atoms with Gasteiger partial charge in [0.2, 0.25) is 0 Å². The second-order valence-electron chi connectivity index (χ2n) is 9.04. The zero-order valence-corrected chi connectivity index (χ0v) is 18.9. The summed E-state index contributed by atoms with van der Waals surface area (Å²) in [5.74, 6) is 0.0705. The zero-order valence-electron chi connectivity index (χ0n) is 18.9. The molecular formula is C26H31N3O3. The molecule has 0 radical (unpaired) electrons. The van der Waals surface area contributed by atoms with Gasteiger partial charge in [0, 0.05) is 54.0 Å². The number of methoxy groups -OCH3 is 1. The fourth-order valence-electron chi connectivity index (χ4n) is 5.31. The molecule has 2 aliphatic rings. The molecule has 2 fully saturated rings. The van der Waals surface area contributed by atoms with Gasteiger partial charge in [0.05, 0.1) is 12.7 Å². The van der Waals surface area contributed by atoms with Crippen LogP contribution < -0.4 is 9.64 Å². The minimum absolute atomic E-state index is 0.266. The number of hydrogen-bond acceptors (Lipinski definition) is 4. The van der Waals surface area contributed by atoms with Crippen LogP contribution in [0, 0.1) is 6.92 Å². The van der Waals surface area contributed by atoms with Gasteiger partial charge in [-0.15, -0.1) is 0 Å². The van der Waals surface area contributed by atoms with Crippen molar-refractivity contribution in [2.75, 3.05) is 31.6 Å². The molecule has 6 nitrogen and oxygen atoms in total. The number of carboxylic acid groups (broad SMARTS) is 1. The minimum Gasteiger partial charge on any atom is -0.496 e. The SMILES string of the molecule is COc1cc(C)c2[nH]ccc2c1CN1CCCCC1c1ccc(C(=O)O)cc1N1CCC1. The molecule has 0 saturated carbocycles. The smallest absolute Gasteiger partial charge is 0.335 e. The standard InChI is InChI=1S/C26H31N3O3/c1-17-14-24(32-2)21(19-9-10-27-25(17)19)16-29-11-4-3-6-22(29)20-8-7-18(26(30)31)15-23(20)28-12-5-13-28/h7-10,14-15,22,27H,3-6,11-13,16H2,1-2H3,(H,30,31). The molecule has 0 amide bonds. The number of aromatic amines is 1. The van der Waals surface area contributed by atoms with E-state index in [9.17, 15) is 9.90 Å². The van der Waals surface area contributed by atoms with Crippen LogP contribution in [0.5, 0.6) is 5.75 Å². The molecule has 1 aromatic heterocycles. The summed E-state index contributed by atoms with van der Waals surface area (Å²) in [6.07, 6.45) is 6.61. The molecule has 3 heterocycles. The molecule has 2 N–H and O–H groups in total. The zero-order chi connectivity index (χ0) is 22.2. The molecule has 32 heavy (non-hydrogen) atoms. The first kappa shape index (κ1) is 20.9. The molecule has 2 saturated heterocycles. The lowest BCUT2D eigenvalue weighted by Gasteiger charge is -2.41. The van der Waals surface area contributed by atoms with Crippen LogP contribution in [-0.4, -0.2) is 47.7 Å². The van der Waals surface area contributed by atoms with Gasteiger partial charge >= 0.3 is 5.97 Å². The van der Waals surface area contributed by atoms with E-state index in [1.165, 1.54) is 40.4 Å². The van der Waals surface area contributed by atoms with Crippen LogP contribution in [0.2, 0.25) is 0 Å². The van der Waals surface area contributed by atoms with Crippen molar-refractivity contribution in [2.24, 2.45) is 0 Å². The van der Waals surface area contributed by atoms with Crippen LogP contribution >= 0.6 is 0 Å². The number of aromatic carboxylic acids is 1. The Morgan fingerprint density at radius 2 is 2.00 bits per heavy atom. The second-order valence-corrected chi connectivity index (χ2v) is 9.04. The highest BCUT2D eigenvalue weighted by Crippen LogP contribution is 2.41. The molecular weight excluding hydrogens is 402 g/mol. The first-order valence-corrected chi connectivity index (χ1v) is 11.6. The lowest BCUT2D eigenvalue weighted by molar-refractivity contribution is 0.0696. The number of H-pyrrole nitrogens is 1. The number of aryl methyl sites for hydroxylation is 1. The number of rotatable bonds is 6. The average Bonchev–Trinajstić information content (AvgIpc) is 3.25. The molecule has 2 aromatic carbocycles. The van der Waals surface area contributed by atoms with E-state index >= 15 is 0 Å². The fourth-order valence-corrected chi connectivity index (χ4v) is 5.31. The van der Waals surface area contributed by atoms with E-state index in [0.29, 0.717) is 5.56 Å². The predicted molar refractivity (Wildman–Crippen MR) is 127 cm³/mol. The van der Waals surface area contributed by atoms with Gasteiger partial charge in [-0.3, -0.25) is 4.90 Å². The maximum atomic E-state index is 11.6. The third-order valence-corrected chi connectivity index (χ3v) is 7.14. The predicted octanol–water partition coefficient (Wildman–Crippen LogP) is 5.12. The van der Waals surface area contributed by atoms with Crippen molar-refractivity contribution in [2.45, 2.75) is 45.2 Å². The monoisotopic (exact) mass is 433 g/mol. The third-order valence-electron chi connectivity index (χ3n) is 7.14. The topological polar surface area (TPSA) is 68.8 Å². The van der Waals surface area contributed by atoms with Crippen LogP contribution in [0.25, 0.3) is 10.9 Å². The van der Waals surface area contributed by atoms with Gasteiger partial charge < -0.3 is 19.7 Å². The molecule has 0 spiro atoms. The van der Waals surface area contributed by atoms with E-state index in [0.717, 1.165) is 50.5 Å². The fraction of sp³-hybridized carbons (Fsp3) is 0.423. The summed E-state index contributed by atoms with van der Waals surface area (Å²) in [6.45, 7) is 5.94. The quantitative estimate of drug-likeness (QED) is 0.565. The number of aromatic nitrogens is 1. The number of ether oxygens (including phenoxy) is 1. The number of nitrogens with zero attached hydrogens (tertiary/aromatic N) is 2. The number of carboxylic acids is 1. The normalized spacial score (nSPS) is 19.2. The van der Waals surface area contributed by atoms with Gasteiger partial charge in [0.1, 0.15) is 5.75 Å². The van der Waals surface area contributed by atoms with Crippen molar-refractivity contribution in [1.82, 2.24) is 9.88 Å². The first-order chi connectivity index (χ1) is 15.6. The third kappa shape index (κ3) is 3.62. The van der Waals surface area contributed by atoms with Crippen LogP contribution in [0.3, 0.4) is 0 Å². The molecule has 168 valence electrons. The number of carbonyl (C=O) groups is 1. The van der Waals surface area contributed by atoms with Crippen LogP contribution in [-0.2, 0) is 6.54 Å². The Balaban J connectivity index is 1.54. The molecule has 6 heteroatoms. The Bertz CT molecular complexity index is 1150.